The predicted octanol–water partition coefficient (Wildman–Crippen LogP) is 10.6. The topological polar surface area (TPSA) is 135 Å². The second kappa shape index (κ2) is 39.1. The summed E-state index contributed by atoms with van der Waals surface area (Å²) < 4.78 is 22.8. The predicted molar refractivity (Wildman–Crippen MR) is 229 cm³/mol. The van der Waals surface area contributed by atoms with Gasteiger partial charge in [-0.3, -0.25) is 4.79 Å². The van der Waals surface area contributed by atoms with Crippen molar-refractivity contribution in [3.63, 3.8) is 0 Å². The Morgan fingerprint density at radius 1 is 0.554 bits per heavy atom. The zero-order valence-corrected chi connectivity index (χ0v) is 36.1. The lowest BCUT2D eigenvalue weighted by molar-refractivity contribution is -0.305. The second-order valence-electron chi connectivity index (χ2n) is 16.2. The fraction of sp³-hybridized carbons (Fsp3) is 0.894. The lowest BCUT2D eigenvalue weighted by Gasteiger charge is -2.39. The van der Waals surface area contributed by atoms with Crippen LogP contribution in [0.4, 0.5) is 0 Å². The van der Waals surface area contributed by atoms with Crippen LogP contribution in [0.1, 0.15) is 206 Å². The number of rotatable bonds is 40. The number of aliphatic hydroxyl groups is 4. The summed E-state index contributed by atoms with van der Waals surface area (Å²) in [4.78, 5) is 12.8. The van der Waals surface area contributed by atoms with Gasteiger partial charge in [0, 0.05) is 13.0 Å². The average Bonchev–Trinajstić information content (AvgIpc) is 3.20. The van der Waals surface area contributed by atoms with Crippen molar-refractivity contribution in [2.24, 2.45) is 0 Å². The molecule has 6 unspecified atom stereocenters. The smallest absolute Gasteiger partial charge is 0.306 e. The van der Waals surface area contributed by atoms with Crippen LogP contribution in [-0.4, -0.2) is 89.6 Å². The number of ether oxygens (including phenoxy) is 4. The fourth-order valence-electron chi connectivity index (χ4n) is 7.13. The lowest BCUT2D eigenvalue weighted by atomic mass is 9.99. The van der Waals surface area contributed by atoms with Gasteiger partial charge in [0.2, 0.25) is 0 Å². The summed E-state index contributed by atoms with van der Waals surface area (Å²) in [6.45, 7) is 4.55. The normalized spacial score (nSPS) is 20.7. The van der Waals surface area contributed by atoms with Gasteiger partial charge in [0.1, 0.15) is 30.5 Å². The van der Waals surface area contributed by atoms with E-state index < -0.39 is 43.4 Å². The molecule has 1 heterocycles. The maximum Gasteiger partial charge on any atom is 0.306 e. The van der Waals surface area contributed by atoms with Gasteiger partial charge < -0.3 is 39.4 Å². The molecule has 9 nitrogen and oxygen atoms in total. The molecule has 1 aliphatic rings. The highest BCUT2D eigenvalue weighted by Gasteiger charge is 2.44. The highest BCUT2D eigenvalue weighted by molar-refractivity contribution is 5.69. The molecule has 0 radical (unpaired) electrons. The molecule has 0 aromatic heterocycles. The van der Waals surface area contributed by atoms with Crippen molar-refractivity contribution in [3.05, 3.63) is 24.3 Å². The summed E-state index contributed by atoms with van der Waals surface area (Å²) >= 11 is 0. The third kappa shape index (κ3) is 29.8. The minimum atomic E-state index is -1.54. The molecular formula is C47H88O9. The van der Waals surface area contributed by atoms with Gasteiger partial charge in [-0.2, -0.15) is 0 Å². The van der Waals surface area contributed by atoms with E-state index in [0.717, 1.165) is 32.1 Å². The van der Waals surface area contributed by atoms with Gasteiger partial charge >= 0.3 is 5.97 Å². The maximum atomic E-state index is 12.8. The van der Waals surface area contributed by atoms with Gasteiger partial charge in [0.15, 0.2) is 6.29 Å². The Morgan fingerprint density at radius 2 is 0.982 bits per heavy atom. The molecule has 0 spiro atoms. The monoisotopic (exact) mass is 797 g/mol. The molecule has 9 heteroatoms. The Labute approximate surface area is 343 Å². The number of unbranched alkanes of at least 4 members (excludes halogenated alkanes) is 25. The van der Waals surface area contributed by atoms with E-state index in [-0.39, 0.29) is 19.2 Å². The Hall–Kier alpha value is -1.33. The van der Waals surface area contributed by atoms with Crippen LogP contribution in [-0.2, 0) is 23.7 Å². The first-order valence-corrected chi connectivity index (χ1v) is 23.4. The first-order valence-electron chi connectivity index (χ1n) is 23.4. The summed E-state index contributed by atoms with van der Waals surface area (Å²) in [6, 6.07) is 0. The molecule has 0 aromatic carbocycles. The molecule has 1 fully saturated rings. The van der Waals surface area contributed by atoms with Gasteiger partial charge in [-0.15, -0.1) is 0 Å². The van der Waals surface area contributed by atoms with E-state index in [0.29, 0.717) is 13.0 Å². The zero-order valence-electron chi connectivity index (χ0n) is 36.1. The molecule has 0 saturated carbocycles. The Kier molecular flexibility index (Phi) is 36.8. The summed E-state index contributed by atoms with van der Waals surface area (Å²) in [7, 11) is 0. The van der Waals surface area contributed by atoms with E-state index in [9.17, 15) is 25.2 Å². The first kappa shape index (κ1) is 52.7. The fourth-order valence-corrected chi connectivity index (χ4v) is 7.13. The molecule has 1 rings (SSSR count). The minimum Gasteiger partial charge on any atom is -0.457 e. The Balaban J connectivity index is 2.25. The van der Waals surface area contributed by atoms with Crippen molar-refractivity contribution in [2.75, 3.05) is 26.4 Å². The SMILES string of the molecule is CCCCCCC/C=C\CCCCCCCCOCC(COC1OC(CO)C(O)C(O)C1O)OC(=O)CCCCCCCCC/C=C\CCCCCCCCC. The number of carbonyl (C=O) groups excluding carboxylic acids is 1. The summed E-state index contributed by atoms with van der Waals surface area (Å²) in [5.74, 6) is -0.318. The van der Waals surface area contributed by atoms with Crippen LogP contribution in [0.2, 0.25) is 0 Å². The molecule has 56 heavy (non-hydrogen) atoms. The number of allylic oxidation sites excluding steroid dienone is 4. The number of hydrogen-bond donors (Lipinski definition) is 4. The van der Waals surface area contributed by atoms with Crippen molar-refractivity contribution in [2.45, 2.75) is 243 Å². The maximum absolute atomic E-state index is 12.8. The zero-order chi connectivity index (χ0) is 40.7. The third-order valence-corrected chi connectivity index (χ3v) is 10.8. The molecule has 0 aliphatic carbocycles. The van der Waals surface area contributed by atoms with Crippen molar-refractivity contribution >= 4 is 5.97 Å². The van der Waals surface area contributed by atoms with Crippen LogP contribution in [0.5, 0.6) is 0 Å². The molecule has 4 N–H and O–H groups in total. The van der Waals surface area contributed by atoms with Crippen molar-refractivity contribution in [1.29, 1.82) is 0 Å². The highest BCUT2D eigenvalue weighted by atomic mass is 16.7. The minimum absolute atomic E-state index is 0.115. The Morgan fingerprint density at radius 3 is 1.45 bits per heavy atom. The number of aliphatic hydroxyl groups excluding tert-OH is 4. The number of hydrogen-bond acceptors (Lipinski definition) is 9. The number of carbonyl (C=O) groups is 1. The van der Waals surface area contributed by atoms with Gasteiger partial charge in [-0.25, -0.2) is 0 Å². The van der Waals surface area contributed by atoms with E-state index in [1.165, 1.54) is 154 Å². The van der Waals surface area contributed by atoms with Crippen LogP contribution in [0.15, 0.2) is 24.3 Å². The highest BCUT2D eigenvalue weighted by Crippen LogP contribution is 2.22. The third-order valence-electron chi connectivity index (χ3n) is 10.8. The summed E-state index contributed by atoms with van der Waals surface area (Å²) in [6.07, 6.45) is 37.7. The molecule has 1 aliphatic heterocycles. The number of esters is 1. The van der Waals surface area contributed by atoms with E-state index in [1.807, 2.05) is 0 Å². The molecule has 6 atom stereocenters. The van der Waals surface area contributed by atoms with Crippen molar-refractivity contribution in [3.8, 4) is 0 Å². The van der Waals surface area contributed by atoms with Crippen molar-refractivity contribution in [1.82, 2.24) is 0 Å². The van der Waals surface area contributed by atoms with E-state index in [2.05, 4.69) is 38.2 Å². The molecule has 0 bridgehead atoms. The quantitative estimate of drug-likeness (QED) is 0.0271. The van der Waals surface area contributed by atoms with Crippen LogP contribution in [0.25, 0.3) is 0 Å². The second-order valence-corrected chi connectivity index (χ2v) is 16.2. The van der Waals surface area contributed by atoms with Gasteiger partial charge in [0.25, 0.3) is 0 Å². The lowest BCUT2D eigenvalue weighted by Crippen LogP contribution is -2.59. The van der Waals surface area contributed by atoms with Crippen LogP contribution < -0.4 is 0 Å². The van der Waals surface area contributed by atoms with E-state index in [4.69, 9.17) is 18.9 Å². The summed E-state index contributed by atoms with van der Waals surface area (Å²) in [5.41, 5.74) is 0. The standard InChI is InChI=1S/C47H88O9/c1-3-5-7-9-11-13-15-17-19-20-21-22-24-26-28-30-32-34-36-43(49)55-41(40-54-47-46(52)45(51)44(50)42(38-48)56-47)39-53-37-35-33-31-29-27-25-23-18-16-14-12-10-8-6-4-2/h16,18-20,41-42,44-48,50-52H,3-15,17,21-40H2,1-2H3/b18-16-,20-19-. The van der Waals surface area contributed by atoms with E-state index in [1.54, 1.807) is 0 Å². The summed E-state index contributed by atoms with van der Waals surface area (Å²) in [5, 5.41) is 40.1. The largest absolute Gasteiger partial charge is 0.457 e. The Bertz CT molecular complexity index is 910. The average molecular weight is 797 g/mol. The van der Waals surface area contributed by atoms with Crippen LogP contribution in [0.3, 0.4) is 0 Å². The van der Waals surface area contributed by atoms with Gasteiger partial charge in [-0.1, -0.05) is 160 Å². The molecule has 0 aromatic rings. The van der Waals surface area contributed by atoms with Gasteiger partial charge in [0.05, 0.1) is 19.8 Å². The van der Waals surface area contributed by atoms with Crippen LogP contribution in [0, 0.1) is 0 Å². The van der Waals surface area contributed by atoms with Crippen LogP contribution >= 0.6 is 0 Å². The molecule has 0 amide bonds. The molecule has 1 saturated heterocycles. The van der Waals surface area contributed by atoms with Gasteiger partial charge in [-0.05, 0) is 64.2 Å². The molecular weight excluding hydrogens is 709 g/mol. The molecule has 330 valence electrons. The van der Waals surface area contributed by atoms with Crippen molar-refractivity contribution < 1.29 is 44.2 Å². The first-order chi connectivity index (χ1) is 27.4. The van der Waals surface area contributed by atoms with E-state index >= 15 is 0 Å².